The molecule has 27 heavy (non-hydrogen) atoms. The van der Waals surface area contributed by atoms with Crippen molar-refractivity contribution in [3.8, 4) is 5.75 Å². The van der Waals surface area contributed by atoms with Crippen LogP contribution in [0.25, 0.3) is 0 Å². The fraction of sp³-hybridized carbons (Fsp3) is 0.400. The zero-order valence-electron chi connectivity index (χ0n) is 15.2. The summed E-state index contributed by atoms with van der Waals surface area (Å²) in [6.45, 7) is 4.57. The minimum Gasteiger partial charge on any atom is -0.494 e. The third kappa shape index (κ3) is 5.40. The first-order valence-corrected chi connectivity index (χ1v) is 9.15. The summed E-state index contributed by atoms with van der Waals surface area (Å²) in [6.07, 6.45) is 0.417. The van der Waals surface area contributed by atoms with Gasteiger partial charge in [-0.15, -0.1) is 0 Å². The summed E-state index contributed by atoms with van der Waals surface area (Å²) >= 11 is 0. The number of nitro benzene ring substituents is 1. The zero-order valence-corrected chi connectivity index (χ0v) is 15.2. The van der Waals surface area contributed by atoms with Crippen molar-refractivity contribution in [1.82, 2.24) is 4.90 Å². The van der Waals surface area contributed by atoms with E-state index in [4.69, 9.17) is 4.74 Å². The average Bonchev–Trinajstić information content (AvgIpc) is 2.70. The Hall–Kier alpha value is -2.67. The highest BCUT2D eigenvalue weighted by Crippen LogP contribution is 2.21. The number of halogens is 1. The minimum atomic E-state index is -0.376. The number of benzene rings is 2. The van der Waals surface area contributed by atoms with Crippen LogP contribution in [0.5, 0.6) is 5.75 Å². The third-order valence-corrected chi connectivity index (χ3v) is 4.67. The molecule has 0 amide bonds. The smallest absolute Gasteiger partial charge is 0.269 e. The summed E-state index contributed by atoms with van der Waals surface area (Å²) in [7, 11) is 0. The third-order valence-electron chi connectivity index (χ3n) is 4.67. The van der Waals surface area contributed by atoms with Crippen LogP contribution in [0.3, 0.4) is 0 Å². The fourth-order valence-electron chi connectivity index (χ4n) is 3.14. The van der Waals surface area contributed by atoms with Crippen molar-refractivity contribution >= 4 is 11.4 Å². The van der Waals surface area contributed by atoms with Gasteiger partial charge in [0, 0.05) is 57.0 Å². The van der Waals surface area contributed by atoms with Gasteiger partial charge in [0.2, 0.25) is 0 Å². The van der Waals surface area contributed by atoms with Crippen molar-refractivity contribution in [1.29, 1.82) is 0 Å². The molecule has 0 bridgehead atoms. The van der Waals surface area contributed by atoms with Gasteiger partial charge in [0.25, 0.3) is 5.69 Å². The number of anilines is 1. The van der Waals surface area contributed by atoms with Crippen molar-refractivity contribution in [2.24, 2.45) is 0 Å². The van der Waals surface area contributed by atoms with E-state index in [2.05, 4.69) is 9.80 Å². The van der Waals surface area contributed by atoms with Gasteiger partial charge in [0.1, 0.15) is 5.75 Å². The topological polar surface area (TPSA) is 58.9 Å². The summed E-state index contributed by atoms with van der Waals surface area (Å²) in [5, 5.41) is 10.8. The fourth-order valence-corrected chi connectivity index (χ4v) is 3.14. The van der Waals surface area contributed by atoms with Crippen LogP contribution in [0, 0.1) is 10.1 Å². The molecule has 1 heterocycles. The second kappa shape index (κ2) is 9.32. The van der Waals surface area contributed by atoms with Crippen LogP contribution >= 0.6 is 0 Å². The lowest BCUT2D eigenvalue weighted by atomic mass is 10.1. The lowest BCUT2D eigenvalue weighted by Crippen LogP contribution is -2.45. The predicted octanol–water partition coefficient (Wildman–Crippen LogP) is 3.66. The van der Waals surface area contributed by atoms with Gasteiger partial charge in [0.15, 0.2) is 0 Å². The normalized spacial score (nSPS) is 14.9. The maximum Gasteiger partial charge on any atom is 0.269 e. The van der Waals surface area contributed by atoms with Crippen LogP contribution < -0.4 is 9.64 Å². The first-order valence-electron chi connectivity index (χ1n) is 9.15. The van der Waals surface area contributed by atoms with Gasteiger partial charge in [-0.3, -0.25) is 19.4 Å². The Morgan fingerprint density at radius 3 is 2.26 bits per heavy atom. The lowest BCUT2D eigenvalue weighted by Gasteiger charge is -2.36. The molecular weight excluding hydrogens is 349 g/mol. The summed E-state index contributed by atoms with van der Waals surface area (Å²) in [4.78, 5) is 15.0. The van der Waals surface area contributed by atoms with Crippen molar-refractivity contribution in [3.05, 3.63) is 64.2 Å². The first-order chi connectivity index (χ1) is 13.2. The second-order valence-electron chi connectivity index (χ2n) is 6.57. The van der Waals surface area contributed by atoms with Gasteiger partial charge in [-0.05, 0) is 29.8 Å². The molecule has 0 atom stereocenters. The zero-order chi connectivity index (χ0) is 19.1. The van der Waals surface area contributed by atoms with E-state index in [0.717, 1.165) is 44.2 Å². The molecule has 1 fully saturated rings. The quantitative estimate of drug-likeness (QED) is 0.402. The van der Waals surface area contributed by atoms with E-state index in [9.17, 15) is 14.5 Å². The number of non-ortho nitro benzene ring substituents is 1. The molecule has 2 aromatic carbocycles. The SMILES string of the molecule is O=[N+]([O-])c1ccc(N2CCN(Cc3ccc(OCCCF)cc3)CC2)cc1. The molecule has 6 nitrogen and oxygen atoms in total. The van der Waals surface area contributed by atoms with Crippen LogP contribution in [-0.4, -0.2) is 49.3 Å². The van der Waals surface area contributed by atoms with Crippen LogP contribution in [-0.2, 0) is 6.54 Å². The maximum absolute atomic E-state index is 12.1. The van der Waals surface area contributed by atoms with E-state index in [-0.39, 0.29) is 17.3 Å². The Bertz CT molecular complexity index is 729. The summed E-state index contributed by atoms with van der Waals surface area (Å²) < 4.78 is 17.6. The Kier molecular flexibility index (Phi) is 6.59. The summed E-state index contributed by atoms with van der Waals surface area (Å²) in [6, 6.07) is 14.7. The summed E-state index contributed by atoms with van der Waals surface area (Å²) in [5.74, 6) is 0.773. The molecular formula is C20H24FN3O3. The van der Waals surface area contributed by atoms with E-state index in [1.807, 2.05) is 36.4 Å². The van der Waals surface area contributed by atoms with Gasteiger partial charge < -0.3 is 9.64 Å². The molecule has 1 aliphatic rings. The van der Waals surface area contributed by atoms with Crippen molar-refractivity contribution in [3.63, 3.8) is 0 Å². The van der Waals surface area contributed by atoms with E-state index >= 15 is 0 Å². The van der Waals surface area contributed by atoms with E-state index in [1.54, 1.807) is 12.1 Å². The largest absolute Gasteiger partial charge is 0.494 e. The second-order valence-corrected chi connectivity index (χ2v) is 6.57. The molecule has 144 valence electrons. The molecule has 0 unspecified atom stereocenters. The minimum absolute atomic E-state index is 0.120. The molecule has 1 saturated heterocycles. The number of piperazine rings is 1. The molecule has 0 saturated carbocycles. The standard InChI is InChI=1S/C20H24FN3O3/c21-10-1-15-27-20-8-2-17(3-9-20)16-22-11-13-23(14-12-22)18-4-6-19(7-5-18)24(25)26/h2-9H,1,10-16H2. The Balaban J connectivity index is 1.47. The van der Waals surface area contributed by atoms with Crippen LogP contribution in [0.2, 0.25) is 0 Å². The van der Waals surface area contributed by atoms with Gasteiger partial charge in [-0.1, -0.05) is 12.1 Å². The van der Waals surface area contributed by atoms with Crippen LogP contribution in [0.15, 0.2) is 48.5 Å². The average molecular weight is 373 g/mol. The monoisotopic (exact) mass is 373 g/mol. The number of hydrogen-bond donors (Lipinski definition) is 0. The highest BCUT2D eigenvalue weighted by atomic mass is 19.1. The van der Waals surface area contributed by atoms with Crippen molar-refractivity contribution in [2.45, 2.75) is 13.0 Å². The number of alkyl halides is 1. The Labute approximate surface area is 158 Å². The van der Waals surface area contributed by atoms with Gasteiger partial charge in [-0.25, -0.2) is 0 Å². The number of ether oxygens (including phenoxy) is 1. The van der Waals surface area contributed by atoms with Crippen molar-refractivity contribution < 1.29 is 14.1 Å². The number of nitro groups is 1. The highest BCUT2D eigenvalue weighted by Gasteiger charge is 2.18. The summed E-state index contributed by atoms with van der Waals surface area (Å²) in [5.41, 5.74) is 2.36. The van der Waals surface area contributed by atoms with E-state index in [0.29, 0.717) is 13.0 Å². The van der Waals surface area contributed by atoms with Crippen LogP contribution in [0.4, 0.5) is 15.8 Å². The molecule has 2 aromatic rings. The van der Waals surface area contributed by atoms with Crippen LogP contribution in [0.1, 0.15) is 12.0 Å². The maximum atomic E-state index is 12.1. The van der Waals surface area contributed by atoms with Gasteiger partial charge >= 0.3 is 0 Å². The number of hydrogen-bond acceptors (Lipinski definition) is 5. The highest BCUT2D eigenvalue weighted by molar-refractivity contribution is 5.51. The van der Waals surface area contributed by atoms with E-state index in [1.165, 1.54) is 5.56 Å². The molecule has 3 rings (SSSR count). The molecule has 7 heteroatoms. The van der Waals surface area contributed by atoms with Gasteiger partial charge in [0.05, 0.1) is 18.2 Å². The first kappa shape index (κ1) is 19.1. The van der Waals surface area contributed by atoms with Gasteiger partial charge in [-0.2, -0.15) is 0 Å². The number of nitrogens with zero attached hydrogens (tertiary/aromatic N) is 3. The Morgan fingerprint density at radius 1 is 1.00 bits per heavy atom. The lowest BCUT2D eigenvalue weighted by molar-refractivity contribution is -0.384. The molecule has 0 spiro atoms. The molecule has 0 N–H and O–H groups in total. The predicted molar refractivity (Wildman–Crippen MR) is 103 cm³/mol. The van der Waals surface area contributed by atoms with E-state index < -0.39 is 0 Å². The molecule has 0 radical (unpaired) electrons. The molecule has 1 aliphatic heterocycles. The number of rotatable bonds is 8. The molecule has 0 aromatic heterocycles. The Morgan fingerprint density at radius 2 is 1.67 bits per heavy atom. The van der Waals surface area contributed by atoms with Crippen molar-refractivity contribution in [2.75, 3.05) is 44.4 Å². The molecule has 0 aliphatic carbocycles.